The third-order valence-corrected chi connectivity index (χ3v) is 1.86. The van der Waals surface area contributed by atoms with Crippen molar-refractivity contribution in [3.8, 4) is 0 Å². The van der Waals surface area contributed by atoms with Crippen LogP contribution in [-0.2, 0) is 0 Å². The smallest absolute Gasteiger partial charge is 0.545 e. The molecule has 1 heterocycles. The molecule has 2 aromatic rings. The van der Waals surface area contributed by atoms with Crippen LogP contribution in [0.5, 0.6) is 0 Å². The van der Waals surface area contributed by atoms with Gasteiger partial charge in [0, 0.05) is 11.5 Å². The van der Waals surface area contributed by atoms with Gasteiger partial charge in [0.1, 0.15) is 5.58 Å². The molecule has 70 valence electrons. The van der Waals surface area contributed by atoms with Crippen molar-refractivity contribution in [3.63, 3.8) is 0 Å². The van der Waals surface area contributed by atoms with Gasteiger partial charge in [-0.2, -0.15) is 0 Å². The van der Waals surface area contributed by atoms with Crippen LogP contribution in [0.2, 0.25) is 0 Å². The van der Waals surface area contributed by atoms with Crippen molar-refractivity contribution in [2.24, 2.45) is 0 Å². The zero-order valence-corrected chi connectivity index (χ0v) is 10.0. The number of benzene rings is 1. The Hall–Kier alpha value is -1.10. The van der Waals surface area contributed by atoms with E-state index in [2.05, 4.69) is 0 Å². The second kappa shape index (κ2) is 4.61. The summed E-state index contributed by atoms with van der Waals surface area (Å²) in [6.45, 7) is 0. The number of carbonyl (C=O) groups is 1. The van der Waals surface area contributed by atoms with Gasteiger partial charge >= 0.3 is 35.2 Å². The Balaban J connectivity index is 0.00000112. The molecule has 0 aliphatic carbocycles. The van der Waals surface area contributed by atoms with Crippen molar-refractivity contribution < 1.29 is 43.9 Å². The Labute approximate surface area is 107 Å². The number of carbonyl (C=O) groups excluding carboxylic acids is 1. The molecule has 0 unspecified atom stereocenters. The van der Waals surface area contributed by atoms with Gasteiger partial charge in [0.25, 0.3) is 0 Å². The van der Waals surface area contributed by atoms with Gasteiger partial charge in [0.05, 0.1) is 5.97 Å². The van der Waals surface area contributed by atoms with Gasteiger partial charge in [-0.15, -0.1) is 0 Å². The maximum absolute atomic E-state index is 10.8. The maximum Gasteiger partial charge on any atom is 1.00 e. The quantitative estimate of drug-likeness (QED) is 0.377. The van der Waals surface area contributed by atoms with E-state index in [1.54, 1.807) is 0 Å². The van der Waals surface area contributed by atoms with E-state index < -0.39 is 11.6 Å². The minimum Gasteiger partial charge on any atom is -0.545 e. The summed E-state index contributed by atoms with van der Waals surface area (Å²) in [4.78, 5) is 21.3. The molecule has 0 spiro atoms. The molecule has 0 aliphatic rings. The van der Waals surface area contributed by atoms with E-state index in [1.807, 2.05) is 0 Å². The fourth-order valence-corrected chi connectivity index (χ4v) is 1.20. The van der Waals surface area contributed by atoms with Crippen LogP contribution < -0.4 is 40.3 Å². The number of aromatic carboxylic acids is 1. The van der Waals surface area contributed by atoms with Gasteiger partial charge in [0.15, 0.2) is 0 Å². The summed E-state index contributed by atoms with van der Waals surface area (Å²) < 4.78 is 4.83. The first kappa shape index (κ1) is 12.0. The van der Waals surface area contributed by atoms with Crippen LogP contribution in [0.4, 0.5) is 0 Å². The number of carboxylic acid groups (broad SMARTS) is 1. The molecule has 0 bridgehead atoms. The predicted octanol–water partition coefficient (Wildman–Crippen LogP) is -2.84. The summed E-state index contributed by atoms with van der Waals surface area (Å²) >= 11 is 0. The van der Waals surface area contributed by atoms with Gasteiger partial charge in [-0.3, -0.25) is 0 Å². The van der Waals surface area contributed by atoms with Gasteiger partial charge < -0.3 is 14.3 Å². The van der Waals surface area contributed by atoms with E-state index in [0.717, 1.165) is 0 Å². The molecule has 2 rings (SSSR count). The molecule has 5 heteroatoms. The fourth-order valence-electron chi connectivity index (χ4n) is 1.20. The van der Waals surface area contributed by atoms with Crippen LogP contribution in [0.3, 0.4) is 0 Å². The van der Waals surface area contributed by atoms with Crippen LogP contribution in [0.1, 0.15) is 10.4 Å². The van der Waals surface area contributed by atoms with Gasteiger partial charge in [-0.25, -0.2) is 4.79 Å². The molecule has 1 aromatic carbocycles. The Morgan fingerprint density at radius 1 is 1.20 bits per heavy atom. The largest absolute Gasteiger partial charge is 1.00 e. The van der Waals surface area contributed by atoms with Crippen LogP contribution in [-0.4, -0.2) is 5.97 Å². The predicted molar refractivity (Wildman–Crippen MR) is 46.8 cm³/mol. The Kier molecular flexibility index (Phi) is 3.68. The van der Waals surface area contributed by atoms with Crippen molar-refractivity contribution in [3.05, 3.63) is 46.3 Å². The number of rotatable bonds is 1. The molecule has 0 saturated carbocycles. The number of hydrogen-bond donors (Lipinski definition) is 0. The van der Waals surface area contributed by atoms with E-state index in [1.165, 1.54) is 30.3 Å². The van der Waals surface area contributed by atoms with Crippen molar-refractivity contribution in [1.82, 2.24) is 0 Å². The monoisotopic (exact) mass is 212 g/mol. The summed E-state index contributed by atoms with van der Waals surface area (Å²) in [5.41, 5.74) is -0.0347. The maximum atomic E-state index is 10.8. The van der Waals surface area contributed by atoms with Crippen LogP contribution >= 0.6 is 0 Å². The first-order valence-corrected chi connectivity index (χ1v) is 3.92. The van der Waals surface area contributed by atoms with Gasteiger partial charge in [-0.1, -0.05) is 0 Å². The molecule has 15 heavy (non-hydrogen) atoms. The number of fused-ring (bicyclic) bond motifs is 1. The second-order valence-corrected chi connectivity index (χ2v) is 2.79. The molecular formula is C10H5NaO4. The zero-order valence-electron chi connectivity index (χ0n) is 8.02. The van der Waals surface area contributed by atoms with Crippen molar-refractivity contribution >= 4 is 16.9 Å². The Morgan fingerprint density at radius 2 is 1.93 bits per heavy atom. The summed E-state index contributed by atoms with van der Waals surface area (Å²) in [6, 6.07) is 6.91. The molecular weight excluding hydrogens is 207 g/mol. The average Bonchev–Trinajstić information content (AvgIpc) is 2.16. The normalized spacial score (nSPS) is 9.60. The van der Waals surface area contributed by atoms with Crippen molar-refractivity contribution in [2.75, 3.05) is 0 Å². The van der Waals surface area contributed by atoms with E-state index in [0.29, 0.717) is 11.0 Å². The molecule has 4 nitrogen and oxygen atoms in total. The first-order chi connectivity index (χ1) is 6.66. The molecule has 0 radical (unpaired) electrons. The molecule has 0 aliphatic heterocycles. The standard InChI is InChI=1S/C10H6O4.Na/c11-9-4-2-6-5-7(10(12)13)1-3-8(6)14-9;/h1-5H,(H,12,13);/q;+1/p-1. The third kappa shape index (κ3) is 2.47. The van der Waals surface area contributed by atoms with Crippen molar-refractivity contribution in [2.45, 2.75) is 0 Å². The van der Waals surface area contributed by atoms with E-state index >= 15 is 0 Å². The average molecular weight is 212 g/mol. The minimum absolute atomic E-state index is 0. The van der Waals surface area contributed by atoms with Crippen LogP contribution in [0, 0.1) is 0 Å². The summed E-state index contributed by atoms with van der Waals surface area (Å²) in [5, 5.41) is 11.1. The summed E-state index contributed by atoms with van der Waals surface area (Å²) in [6.07, 6.45) is 0. The van der Waals surface area contributed by atoms with E-state index in [9.17, 15) is 14.7 Å². The number of hydrogen-bond acceptors (Lipinski definition) is 4. The van der Waals surface area contributed by atoms with Crippen LogP contribution in [0.25, 0.3) is 11.0 Å². The first-order valence-electron chi connectivity index (χ1n) is 3.92. The Morgan fingerprint density at radius 3 is 2.60 bits per heavy atom. The van der Waals surface area contributed by atoms with Crippen molar-refractivity contribution in [1.29, 1.82) is 0 Å². The van der Waals surface area contributed by atoms with Gasteiger partial charge in [0.2, 0.25) is 0 Å². The molecule has 1 aromatic heterocycles. The molecule has 0 amide bonds. The molecule has 0 N–H and O–H groups in total. The van der Waals surface area contributed by atoms with Gasteiger partial charge in [-0.05, 0) is 29.8 Å². The number of carboxylic acids is 1. The second-order valence-electron chi connectivity index (χ2n) is 2.79. The summed E-state index contributed by atoms with van der Waals surface area (Å²) in [7, 11) is 0. The Bertz CT molecular complexity index is 559. The molecule has 0 atom stereocenters. The van der Waals surface area contributed by atoms with E-state index in [-0.39, 0.29) is 35.1 Å². The molecule has 0 saturated heterocycles. The molecule has 0 fully saturated rings. The third-order valence-electron chi connectivity index (χ3n) is 1.86. The SMILES string of the molecule is O=C([O-])c1ccc2oc(=O)ccc2c1.[Na+]. The van der Waals surface area contributed by atoms with E-state index in [4.69, 9.17) is 4.42 Å². The zero-order chi connectivity index (χ0) is 10.1. The van der Waals surface area contributed by atoms with Crippen LogP contribution in [0.15, 0.2) is 39.5 Å². The minimum atomic E-state index is -1.25. The summed E-state index contributed by atoms with van der Waals surface area (Å²) in [5.74, 6) is -1.25. The fraction of sp³-hybridized carbons (Fsp3) is 0. The topological polar surface area (TPSA) is 70.3 Å².